The molecule has 1 atom stereocenters. The molecular weight excluding hydrogens is 312 g/mol. The van der Waals surface area contributed by atoms with Gasteiger partial charge in [-0.25, -0.2) is 0 Å². The van der Waals surface area contributed by atoms with Crippen molar-refractivity contribution in [2.45, 2.75) is 18.9 Å². The van der Waals surface area contributed by atoms with E-state index < -0.39 is 17.9 Å². The van der Waals surface area contributed by atoms with Gasteiger partial charge >= 0.3 is 11.8 Å². The van der Waals surface area contributed by atoms with Gasteiger partial charge < -0.3 is 15.3 Å². The van der Waals surface area contributed by atoms with Gasteiger partial charge in [0.25, 0.3) is 0 Å². The molecule has 0 saturated carbocycles. The minimum absolute atomic E-state index is 0.224. The summed E-state index contributed by atoms with van der Waals surface area (Å²) in [5.41, 5.74) is 0.554. The molecule has 2 rings (SSSR count). The van der Waals surface area contributed by atoms with Crippen LogP contribution >= 0.6 is 15.9 Å². The first-order valence-electron chi connectivity index (χ1n) is 6.11. The largest absolute Gasteiger partial charge is 0.391 e. The molecule has 1 unspecified atom stereocenters. The van der Waals surface area contributed by atoms with E-state index in [0.29, 0.717) is 18.7 Å². The van der Waals surface area contributed by atoms with Crippen molar-refractivity contribution in [3.8, 4) is 0 Å². The van der Waals surface area contributed by atoms with Crippen molar-refractivity contribution in [1.82, 2.24) is 4.90 Å². The van der Waals surface area contributed by atoms with Crippen LogP contribution in [0.2, 0.25) is 0 Å². The van der Waals surface area contributed by atoms with Crippen LogP contribution in [0.15, 0.2) is 28.7 Å². The van der Waals surface area contributed by atoms with Gasteiger partial charge in [0, 0.05) is 17.6 Å². The Bertz CT molecular complexity index is 493. The topological polar surface area (TPSA) is 69.6 Å². The number of anilines is 1. The number of hydrogen-bond donors (Lipinski definition) is 2. The molecule has 102 valence electrons. The van der Waals surface area contributed by atoms with Gasteiger partial charge in [0.05, 0.1) is 11.8 Å². The van der Waals surface area contributed by atoms with Crippen molar-refractivity contribution in [2.24, 2.45) is 0 Å². The molecule has 5 nitrogen and oxygen atoms in total. The van der Waals surface area contributed by atoms with Crippen LogP contribution in [0.3, 0.4) is 0 Å². The van der Waals surface area contributed by atoms with E-state index in [1.165, 1.54) is 4.90 Å². The van der Waals surface area contributed by atoms with E-state index in [1.807, 2.05) is 6.07 Å². The third kappa shape index (κ3) is 3.54. The van der Waals surface area contributed by atoms with Crippen molar-refractivity contribution >= 4 is 33.4 Å². The van der Waals surface area contributed by atoms with Gasteiger partial charge in [0.2, 0.25) is 0 Å². The summed E-state index contributed by atoms with van der Waals surface area (Å²) in [6.45, 7) is 0.738. The minimum Gasteiger partial charge on any atom is -0.391 e. The van der Waals surface area contributed by atoms with Crippen molar-refractivity contribution in [2.75, 3.05) is 18.4 Å². The maximum Gasteiger partial charge on any atom is 0.313 e. The van der Waals surface area contributed by atoms with Crippen LogP contribution in [-0.2, 0) is 9.59 Å². The molecule has 1 heterocycles. The van der Waals surface area contributed by atoms with Gasteiger partial charge in [-0.1, -0.05) is 12.1 Å². The molecular formula is C13H15BrN2O3. The molecule has 2 amide bonds. The zero-order valence-corrected chi connectivity index (χ0v) is 11.9. The third-order valence-electron chi connectivity index (χ3n) is 3.00. The predicted molar refractivity (Wildman–Crippen MR) is 74.6 cm³/mol. The lowest BCUT2D eigenvalue weighted by Gasteiger charge is -2.29. The second kappa shape index (κ2) is 6.16. The van der Waals surface area contributed by atoms with E-state index in [1.54, 1.807) is 18.2 Å². The maximum atomic E-state index is 11.9. The molecule has 1 saturated heterocycles. The predicted octanol–water partition coefficient (Wildman–Crippen LogP) is 1.37. The van der Waals surface area contributed by atoms with E-state index in [0.717, 1.165) is 10.9 Å². The fraction of sp³-hybridized carbons (Fsp3) is 0.385. The first-order chi connectivity index (χ1) is 9.08. The highest BCUT2D eigenvalue weighted by Gasteiger charge is 2.27. The molecule has 0 aliphatic carbocycles. The van der Waals surface area contributed by atoms with Crippen LogP contribution in [0.5, 0.6) is 0 Å². The van der Waals surface area contributed by atoms with Gasteiger partial charge in [-0.3, -0.25) is 9.59 Å². The summed E-state index contributed by atoms with van der Waals surface area (Å²) in [6.07, 6.45) is 0.860. The third-order valence-corrected chi connectivity index (χ3v) is 3.69. The summed E-state index contributed by atoms with van der Waals surface area (Å²) in [6, 6.07) is 7.09. The lowest BCUT2D eigenvalue weighted by atomic mass is 10.1. The first kappa shape index (κ1) is 14.0. The number of β-amino-alcohol motifs (C(OH)–C–C–N with tert-alkyl or cyclic N) is 1. The SMILES string of the molecule is O=C(Nc1ccccc1Br)C(=O)N1CCCC(O)C1. The van der Waals surface area contributed by atoms with Crippen LogP contribution in [0, 0.1) is 0 Å². The molecule has 0 spiro atoms. The number of hydrogen-bond acceptors (Lipinski definition) is 3. The number of benzene rings is 1. The Kier molecular flexibility index (Phi) is 4.55. The monoisotopic (exact) mass is 326 g/mol. The van der Waals surface area contributed by atoms with Crippen molar-refractivity contribution < 1.29 is 14.7 Å². The first-order valence-corrected chi connectivity index (χ1v) is 6.90. The Labute approximate surface area is 119 Å². The number of aliphatic hydroxyl groups is 1. The zero-order chi connectivity index (χ0) is 13.8. The number of piperidine rings is 1. The minimum atomic E-state index is -0.680. The van der Waals surface area contributed by atoms with E-state index >= 15 is 0 Å². The van der Waals surface area contributed by atoms with E-state index in [4.69, 9.17) is 0 Å². The van der Waals surface area contributed by atoms with Crippen molar-refractivity contribution in [3.63, 3.8) is 0 Å². The Hall–Kier alpha value is -1.40. The number of para-hydroxylation sites is 1. The van der Waals surface area contributed by atoms with Crippen molar-refractivity contribution in [1.29, 1.82) is 0 Å². The Morgan fingerprint density at radius 3 is 2.79 bits per heavy atom. The highest BCUT2D eigenvalue weighted by Crippen LogP contribution is 2.21. The standard InChI is InChI=1S/C13H15BrN2O3/c14-10-5-1-2-6-11(10)15-12(18)13(19)16-7-3-4-9(17)8-16/h1-2,5-6,9,17H,3-4,7-8H2,(H,15,18). The average molecular weight is 327 g/mol. The molecule has 6 heteroatoms. The number of carbonyl (C=O) groups excluding carboxylic acids is 2. The lowest BCUT2D eigenvalue weighted by molar-refractivity contribution is -0.145. The van der Waals surface area contributed by atoms with Crippen LogP contribution in [-0.4, -0.2) is 41.0 Å². The Balaban J connectivity index is 2.00. The van der Waals surface area contributed by atoms with E-state index in [2.05, 4.69) is 21.2 Å². The fourth-order valence-electron chi connectivity index (χ4n) is 2.02. The molecule has 1 aromatic rings. The molecule has 0 radical (unpaired) electrons. The number of likely N-dealkylation sites (tertiary alicyclic amines) is 1. The van der Waals surface area contributed by atoms with Gasteiger partial charge in [-0.15, -0.1) is 0 Å². The fourth-order valence-corrected chi connectivity index (χ4v) is 2.41. The quantitative estimate of drug-likeness (QED) is 0.766. The van der Waals surface area contributed by atoms with E-state index in [-0.39, 0.29) is 6.54 Å². The molecule has 0 bridgehead atoms. The highest BCUT2D eigenvalue weighted by atomic mass is 79.9. The molecule has 1 fully saturated rings. The van der Waals surface area contributed by atoms with Gasteiger partial charge in [0.15, 0.2) is 0 Å². The smallest absolute Gasteiger partial charge is 0.313 e. The number of aliphatic hydroxyl groups excluding tert-OH is 1. The van der Waals surface area contributed by atoms with Crippen LogP contribution in [0.4, 0.5) is 5.69 Å². The number of nitrogens with zero attached hydrogens (tertiary/aromatic N) is 1. The molecule has 1 aromatic carbocycles. The number of rotatable bonds is 1. The molecule has 1 aliphatic heterocycles. The lowest BCUT2D eigenvalue weighted by Crippen LogP contribution is -2.46. The van der Waals surface area contributed by atoms with E-state index in [9.17, 15) is 14.7 Å². The van der Waals surface area contributed by atoms with Gasteiger partial charge in [0.1, 0.15) is 0 Å². The molecule has 19 heavy (non-hydrogen) atoms. The van der Waals surface area contributed by atoms with Crippen LogP contribution < -0.4 is 5.32 Å². The number of carbonyl (C=O) groups is 2. The van der Waals surface area contributed by atoms with Crippen LogP contribution in [0.1, 0.15) is 12.8 Å². The molecule has 1 aliphatic rings. The second-order valence-electron chi connectivity index (χ2n) is 4.48. The Morgan fingerprint density at radius 1 is 1.37 bits per heavy atom. The summed E-state index contributed by atoms with van der Waals surface area (Å²) in [4.78, 5) is 25.2. The molecule has 0 aromatic heterocycles. The summed E-state index contributed by atoms with van der Waals surface area (Å²) in [5, 5.41) is 12.1. The summed E-state index contributed by atoms with van der Waals surface area (Å²) < 4.78 is 0.717. The normalized spacial score (nSPS) is 19.1. The van der Waals surface area contributed by atoms with Crippen LogP contribution in [0.25, 0.3) is 0 Å². The summed E-state index contributed by atoms with van der Waals surface area (Å²) in [7, 11) is 0. The second-order valence-corrected chi connectivity index (χ2v) is 5.34. The van der Waals surface area contributed by atoms with Crippen molar-refractivity contribution in [3.05, 3.63) is 28.7 Å². The number of nitrogens with one attached hydrogen (secondary N) is 1. The maximum absolute atomic E-state index is 11.9. The summed E-state index contributed by atoms with van der Waals surface area (Å²) >= 11 is 3.30. The van der Waals surface area contributed by atoms with Gasteiger partial charge in [-0.05, 0) is 40.9 Å². The number of halogens is 1. The highest BCUT2D eigenvalue weighted by molar-refractivity contribution is 9.10. The molecule has 2 N–H and O–H groups in total. The summed E-state index contributed by atoms with van der Waals surface area (Å²) in [5.74, 6) is -1.28. The number of amides is 2. The van der Waals surface area contributed by atoms with Gasteiger partial charge in [-0.2, -0.15) is 0 Å². The zero-order valence-electron chi connectivity index (χ0n) is 10.3. The average Bonchev–Trinajstić information content (AvgIpc) is 2.40. The Morgan fingerprint density at radius 2 is 2.11 bits per heavy atom.